The van der Waals surface area contributed by atoms with Gasteiger partial charge in [0.25, 0.3) is 0 Å². The highest BCUT2D eigenvalue weighted by Gasteiger charge is 2.27. The Labute approximate surface area is 155 Å². The predicted octanol–water partition coefficient (Wildman–Crippen LogP) is 3.40. The summed E-state index contributed by atoms with van der Waals surface area (Å²) >= 11 is 6.00. The minimum absolute atomic E-state index is 0.253. The molecule has 7 nitrogen and oxygen atoms in total. The van der Waals surface area contributed by atoms with Gasteiger partial charge in [-0.1, -0.05) is 41.0 Å². The molecular weight excluding hydrogens is 354 g/mol. The maximum atomic E-state index is 6.00. The summed E-state index contributed by atoms with van der Waals surface area (Å²) in [5.74, 6) is 1.85. The highest BCUT2D eigenvalue weighted by molar-refractivity contribution is 6.30. The number of nitrogens with zero attached hydrogens (tertiary/aromatic N) is 4. The summed E-state index contributed by atoms with van der Waals surface area (Å²) in [6.07, 6.45) is 2.05. The monoisotopic (exact) mass is 369 g/mol. The number of rotatable bonds is 4. The molecule has 0 bridgehead atoms. The number of hydrogen-bond acceptors (Lipinski definition) is 6. The number of benzene rings is 2. The molecule has 0 amide bonds. The van der Waals surface area contributed by atoms with Crippen LogP contribution in [0.15, 0.2) is 48.5 Å². The molecule has 1 atom stereocenters. The molecular formula is C18H16ClN5O2. The van der Waals surface area contributed by atoms with Gasteiger partial charge in [0.2, 0.25) is 5.95 Å². The van der Waals surface area contributed by atoms with Crippen molar-refractivity contribution in [3.63, 3.8) is 0 Å². The molecule has 0 radical (unpaired) electrons. The van der Waals surface area contributed by atoms with Gasteiger partial charge in [-0.2, -0.15) is 4.68 Å². The molecule has 1 aliphatic heterocycles. The number of tetrazole rings is 1. The fourth-order valence-electron chi connectivity index (χ4n) is 3.02. The molecule has 0 aliphatic carbocycles. The van der Waals surface area contributed by atoms with Crippen LogP contribution in [0.25, 0.3) is 5.70 Å². The van der Waals surface area contributed by atoms with Gasteiger partial charge in [0.05, 0.1) is 14.2 Å². The molecule has 0 saturated heterocycles. The third-order valence-corrected chi connectivity index (χ3v) is 4.49. The van der Waals surface area contributed by atoms with Crippen LogP contribution in [0.5, 0.6) is 11.5 Å². The number of nitrogens with one attached hydrogen (secondary N) is 1. The van der Waals surface area contributed by atoms with Crippen LogP contribution in [-0.4, -0.2) is 34.4 Å². The van der Waals surface area contributed by atoms with E-state index in [1.165, 1.54) is 0 Å². The fourth-order valence-corrected chi connectivity index (χ4v) is 3.14. The molecule has 3 aromatic rings. The minimum atomic E-state index is -0.253. The third kappa shape index (κ3) is 2.76. The number of para-hydroxylation sites is 1. The van der Waals surface area contributed by atoms with E-state index < -0.39 is 0 Å². The predicted molar refractivity (Wildman–Crippen MR) is 98.6 cm³/mol. The Bertz CT molecular complexity index is 968. The number of methoxy groups -OCH3 is 2. The maximum Gasteiger partial charge on any atom is 0.248 e. The van der Waals surface area contributed by atoms with Crippen LogP contribution >= 0.6 is 11.6 Å². The SMILES string of the molecule is COc1cccc([C@H]2C=C(c3ccc(Cl)cc3)Nc3nnnn32)c1OC. The normalized spacial score (nSPS) is 15.7. The Hall–Kier alpha value is -3.06. The largest absolute Gasteiger partial charge is 0.493 e. The van der Waals surface area contributed by atoms with Gasteiger partial charge in [-0.3, -0.25) is 0 Å². The van der Waals surface area contributed by atoms with E-state index in [2.05, 4.69) is 20.8 Å². The minimum Gasteiger partial charge on any atom is -0.493 e. The van der Waals surface area contributed by atoms with Crippen molar-refractivity contribution < 1.29 is 9.47 Å². The van der Waals surface area contributed by atoms with Crippen LogP contribution in [0.3, 0.4) is 0 Å². The second-order valence-electron chi connectivity index (χ2n) is 5.69. The zero-order valence-electron chi connectivity index (χ0n) is 14.2. The lowest BCUT2D eigenvalue weighted by Crippen LogP contribution is -2.20. The fraction of sp³-hybridized carbons (Fsp3) is 0.167. The topological polar surface area (TPSA) is 74.1 Å². The van der Waals surface area contributed by atoms with E-state index in [-0.39, 0.29) is 6.04 Å². The average molecular weight is 370 g/mol. The number of aromatic nitrogens is 4. The van der Waals surface area contributed by atoms with E-state index in [0.29, 0.717) is 22.5 Å². The number of anilines is 1. The van der Waals surface area contributed by atoms with Gasteiger partial charge in [-0.05, 0) is 40.3 Å². The van der Waals surface area contributed by atoms with E-state index in [4.69, 9.17) is 21.1 Å². The van der Waals surface area contributed by atoms with Crippen molar-refractivity contribution in [1.29, 1.82) is 0 Å². The van der Waals surface area contributed by atoms with Crippen molar-refractivity contribution in [2.24, 2.45) is 0 Å². The van der Waals surface area contributed by atoms with Gasteiger partial charge in [-0.25, -0.2) is 0 Å². The Morgan fingerprint density at radius 2 is 1.88 bits per heavy atom. The van der Waals surface area contributed by atoms with E-state index in [9.17, 15) is 0 Å². The Balaban J connectivity index is 1.85. The van der Waals surface area contributed by atoms with Gasteiger partial charge in [0.15, 0.2) is 11.5 Å². The summed E-state index contributed by atoms with van der Waals surface area (Å²) in [5.41, 5.74) is 2.77. The van der Waals surface area contributed by atoms with Crippen molar-refractivity contribution >= 4 is 23.2 Å². The van der Waals surface area contributed by atoms with Crippen molar-refractivity contribution in [2.45, 2.75) is 6.04 Å². The molecule has 26 heavy (non-hydrogen) atoms. The number of fused-ring (bicyclic) bond motifs is 1. The standard InChI is InChI=1S/C18H16ClN5O2/c1-25-16-5-3-4-13(17(16)26-2)15-10-14(11-6-8-12(19)9-7-11)20-18-21-22-23-24(15)18/h3-10,15H,1-2H3,(H,20,21,23)/t15-/m1/s1. The smallest absolute Gasteiger partial charge is 0.248 e. The quantitative estimate of drug-likeness (QED) is 0.759. The molecule has 0 unspecified atom stereocenters. The van der Waals surface area contributed by atoms with Gasteiger partial charge >= 0.3 is 0 Å². The average Bonchev–Trinajstić information content (AvgIpc) is 3.15. The first-order valence-electron chi connectivity index (χ1n) is 7.95. The van der Waals surface area contributed by atoms with Crippen LogP contribution in [0.1, 0.15) is 17.2 Å². The molecule has 0 fully saturated rings. The first-order chi connectivity index (χ1) is 12.7. The van der Waals surface area contributed by atoms with Crippen molar-refractivity contribution in [1.82, 2.24) is 20.2 Å². The molecule has 1 aliphatic rings. The van der Waals surface area contributed by atoms with Crippen molar-refractivity contribution in [3.8, 4) is 11.5 Å². The van der Waals surface area contributed by atoms with E-state index in [1.807, 2.05) is 48.5 Å². The van der Waals surface area contributed by atoms with Gasteiger partial charge in [0, 0.05) is 16.3 Å². The highest BCUT2D eigenvalue weighted by atomic mass is 35.5. The number of halogens is 1. The van der Waals surface area contributed by atoms with Crippen molar-refractivity contribution in [3.05, 3.63) is 64.7 Å². The lowest BCUT2D eigenvalue weighted by molar-refractivity contribution is 0.348. The lowest BCUT2D eigenvalue weighted by Gasteiger charge is -2.25. The molecule has 1 aromatic heterocycles. The first-order valence-corrected chi connectivity index (χ1v) is 8.32. The molecule has 2 heterocycles. The number of allylic oxidation sites excluding steroid dienone is 1. The van der Waals surface area contributed by atoms with E-state index >= 15 is 0 Å². The second-order valence-corrected chi connectivity index (χ2v) is 6.12. The highest BCUT2D eigenvalue weighted by Crippen LogP contribution is 2.40. The number of ether oxygens (including phenoxy) is 2. The number of hydrogen-bond donors (Lipinski definition) is 1. The van der Waals surface area contributed by atoms with Crippen LogP contribution < -0.4 is 14.8 Å². The van der Waals surface area contributed by atoms with Gasteiger partial charge in [0.1, 0.15) is 6.04 Å². The molecule has 1 N–H and O–H groups in total. The Morgan fingerprint density at radius 1 is 1.08 bits per heavy atom. The summed E-state index contributed by atoms with van der Waals surface area (Å²) in [6, 6.07) is 13.1. The zero-order valence-corrected chi connectivity index (χ0v) is 14.9. The maximum absolute atomic E-state index is 6.00. The molecule has 2 aromatic carbocycles. The zero-order chi connectivity index (χ0) is 18.1. The third-order valence-electron chi connectivity index (χ3n) is 4.23. The second kappa shape index (κ2) is 6.68. The summed E-state index contributed by atoms with van der Waals surface area (Å²) in [5, 5.41) is 15.9. The van der Waals surface area contributed by atoms with Crippen molar-refractivity contribution in [2.75, 3.05) is 19.5 Å². The first kappa shape index (κ1) is 16.4. The van der Waals surface area contributed by atoms with E-state index in [0.717, 1.165) is 16.8 Å². The van der Waals surface area contributed by atoms with Crippen LogP contribution in [0.4, 0.5) is 5.95 Å². The Kier molecular flexibility index (Phi) is 4.22. The molecule has 0 saturated carbocycles. The molecule has 8 heteroatoms. The summed E-state index contributed by atoms with van der Waals surface area (Å²) < 4.78 is 12.7. The van der Waals surface area contributed by atoms with Crippen LogP contribution in [0, 0.1) is 0 Å². The molecule has 132 valence electrons. The van der Waals surface area contributed by atoms with Crippen LogP contribution in [0.2, 0.25) is 5.02 Å². The van der Waals surface area contributed by atoms with Gasteiger partial charge in [-0.15, -0.1) is 0 Å². The molecule has 0 spiro atoms. The lowest BCUT2D eigenvalue weighted by atomic mass is 10.0. The Morgan fingerprint density at radius 3 is 2.62 bits per heavy atom. The van der Waals surface area contributed by atoms with Gasteiger partial charge < -0.3 is 14.8 Å². The molecule has 4 rings (SSSR count). The summed E-state index contributed by atoms with van der Waals surface area (Å²) in [7, 11) is 3.23. The summed E-state index contributed by atoms with van der Waals surface area (Å²) in [6.45, 7) is 0. The summed E-state index contributed by atoms with van der Waals surface area (Å²) in [4.78, 5) is 0. The van der Waals surface area contributed by atoms with Crippen LogP contribution in [-0.2, 0) is 0 Å². The van der Waals surface area contributed by atoms with E-state index in [1.54, 1.807) is 18.9 Å².